The molecule has 1 atom stereocenters. The van der Waals surface area contributed by atoms with Crippen LogP contribution in [-0.2, 0) is 0 Å². The van der Waals surface area contributed by atoms with Gasteiger partial charge >= 0.3 is 12.2 Å². The highest BCUT2D eigenvalue weighted by Gasteiger charge is 2.36. The third-order valence-corrected chi connectivity index (χ3v) is 1.72. The second kappa shape index (κ2) is 6.49. The van der Waals surface area contributed by atoms with E-state index in [2.05, 4.69) is 10.6 Å². The van der Waals surface area contributed by atoms with Gasteiger partial charge in [0, 0.05) is 13.1 Å². The van der Waals surface area contributed by atoms with E-state index in [1.807, 2.05) is 6.92 Å². The molecule has 0 aliphatic carbocycles. The van der Waals surface area contributed by atoms with Crippen LogP contribution in [0.1, 0.15) is 19.8 Å². The first kappa shape index (κ1) is 14.0. The van der Waals surface area contributed by atoms with Gasteiger partial charge in [0.05, 0.1) is 0 Å². The molecule has 0 saturated heterocycles. The van der Waals surface area contributed by atoms with Crippen molar-refractivity contribution in [2.75, 3.05) is 13.1 Å². The number of hydrogen-bond donors (Lipinski definition) is 3. The third kappa shape index (κ3) is 7.01. The molecule has 0 aromatic heterocycles. The SMILES string of the molecule is CCCCNC(=O)NCC(N)C(F)(F)F. The van der Waals surface area contributed by atoms with E-state index >= 15 is 0 Å². The predicted molar refractivity (Wildman–Crippen MR) is 50.3 cm³/mol. The van der Waals surface area contributed by atoms with Crippen LogP contribution < -0.4 is 16.4 Å². The standard InChI is InChI=1S/C8H16F3N3O/c1-2-3-4-13-7(15)14-5-6(12)8(9,10)11/h6H,2-5,12H2,1H3,(H2,13,14,15). The number of nitrogens with two attached hydrogens (primary N) is 1. The van der Waals surface area contributed by atoms with Crippen LogP contribution in [0.25, 0.3) is 0 Å². The fourth-order valence-electron chi connectivity index (χ4n) is 0.760. The summed E-state index contributed by atoms with van der Waals surface area (Å²) in [5, 5.41) is 4.47. The monoisotopic (exact) mass is 227 g/mol. The van der Waals surface area contributed by atoms with Gasteiger partial charge in [0.1, 0.15) is 6.04 Å². The van der Waals surface area contributed by atoms with Crippen molar-refractivity contribution in [2.45, 2.75) is 32.0 Å². The predicted octanol–water partition coefficient (Wildman–Crippen LogP) is 0.975. The quantitative estimate of drug-likeness (QED) is 0.613. The molecule has 0 heterocycles. The zero-order valence-electron chi connectivity index (χ0n) is 8.53. The van der Waals surface area contributed by atoms with Gasteiger partial charge in [0.2, 0.25) is 0 Å². The molecule has 15 heavy (non-hydrogen) atoms. The number of urea groups is 1. The lowest BCUT2D eigenvalue weighted by molar-refractivity contribution is -0.146. The first-order valence-corrected chi connectivity index (χ1v) is 4.72. The molecule has 0 rings (SSSR count). The molecule has 2 amide bonds. The topological polar surface area (TPSA) is 67.2 Å². The number of halogens is 3. The lowest BCUT2D eigenvalue weighted by atomic mass is 10.3. The lowest BCUT2D eigenvalue weighted by Gasteiger charge is -2.16. The summed E-state index contributed by atoms with van der Waals surface area (Å²) in [6.07, 6.45) is -2.78. The van der Waals surface area contributed by atoms with Crippen molar-refractivity contribution >= 4 is 6.03 Å². The van der Waals surface area contributed by atoms with E-state index in [9.17, 15) is 18.0 Å². The number of nitrogens with one attached hydrogen (secondary N) is 2. The number of alkyl halides is 3. The molecule has 1 unspecified atom stereocenters. The Bertz CT molecular complexity index is 196. The molecule has 0 spiro atoms. The molecule has 0 aliphatic rings. The molecule has 0 aliphatic heterocycles. The maximum absolute atomic E-state index is 11.9. The number of carbonyl (C=O) groups is 1. The summed E-state index contributed by atoms with van der Waals surface area (Å²) in [5.74, 6) is 0. The summed E-state index contributed by atoms with van der Waals surface area (Å²) >= 11 is 0. The Kier molecular flexibility index (Phi) is 6.07. The van der Waals surface area contributed by atoms with Crippen LogP contribution in [0.5, 0.6) is 0 Å². The highest BCUT2D eigenvalue weighted by Crippen LogP contribution is 2.17. The number of hydrogen-bond acceptors (Lipinski definition) is 2. The van der Waals surface area contributed by atoms with E-state index in [4.69, 9.17) is 5.73 Å². The Labute approximate surface area is 86.4 Å². The fraction of sp³-hybridized carbons (Fsp3) is 0.875. The van der Waals surface area contributed by atoms with Gasteiger partial charge in [-0.05, 0) is 6.42 Å². The minimum atomic E-state index is -4.48. The van der Waals surface area contributed by atoms with Crippen molar-refractivity contribution in [1.29, 1.82) is 0 Å². The minimum Gasteiger partial charge on any atom is -0.338 e. The van der Waals surface area contributed by atoms with Crippen molar-refractivity contribution in [1.82, 2.24) is 10.6 Å². The fourth-order valence-corrected chi connectivity index (χ4v) is 0.760. The smallest absolute Gasteiger partial charge is 0.338 e. The average Bonchev–Trinajstić information content (AvgIpc) is 2.13. The third-order valence-electron chi connectivity index (χ3n) is 1.72. The molecule has 4 nitrogen and oxygen atoms in total. The maximum atomic E-state index is 11.9. The average molecular weight is 227 g/mol. The van der Waals surface area contributed by atoms with Gasteiger partial charge in [0.15, 0.2) is 0 Å². The van der Waals surface area contributed by atoms with E-state index in [1.54, 1.807) is 0 Å². The zero-order valence-corrected chi connectivity index (χ0v) is 8.53. The van der Waals surface area contributed by atoms with Gasteiger partial charge in [0.25, 0.3) is 0 Å². The molecule has 0 radical (unpaired) electrons. The summed E-state index contributed by atoms with van der Waals surface area (Å²) in [6.45, 7) is 1.78. The Hall–Kier alpha value is -0.980. The van der Waals surface area contributed by atoms with Gasteiger partial charge in [-0.25, -0.2) is 4.79 Å². The van der Waals surface area contributed by atoms with Crippen molar-refractivity contribution in [2.24, 2.45) is 5.73 Å². The summed E-state index contributed by atoms with van der Waals surface area (Å²) in [5.41, 5.74) is 4.79. The van der Waals surface area contributed by atoms with Crippen LogP contribution in [0.2, 0.25) is 0 Å². The van der Waals surface area contributed by atoms with Gasteiger partial charge < -0.3 is 16.4 Å². The largest absolute Gasteiger partial charge is 0.405 e. The Morgan fingerprint density at radius 1 is 1.40 bits per heavy atom. The Morgan fingerprint density at radius 3 is 2.47 bits per heavy atom. The van der Waals surface area contributed by atoms with E-state index in [0.717, 1.165) is 12.8 Å². The van der Waals surface area contributed by atoms with Crippen molar-refractivity contribution in [3.8, 4) is 0 Å². The van der Waals surface area contributed by atoms with E-state index in [1.165, 1.54) is 0 Å². The van der Waals surface area contributed by atoms with E-state index < -0.39 is 24.8 Å². The number of carbonyl (C=O) groups excluding carboxylic acids is 1. The number of rotatable bonds is 5. The van der Waals surface area contributed by atoms with Crippen LogP contribution >= 0.6 is 0 Å². The molecule has 0 bridgehead atoms. The summed E-state index contributed by atoms with van der Waals surface area (Å²) in [6, 6.07) is -2.64. The van der Waals surface area contributed by atoms with Crippen molar-refractivity contribution in [3.63, 3.8) is 0 Å². The molecule has 0 saturated carbocycles. The molecule has 7 heteroatoms. The molecule has 0 aromatic rings. The van der Waals surface area contributed by atoms with E-state index in [-0.39, 0.29) is 0 Å². The second-order valence-electron chi connectivity index (χ2n) is 3.14. The zero-order chi connectivity index (χ0) is 11.9. The highest BCUT2D eigenvalue weighted by molar-refractivity contribution is 5.73. The van der Waals surface area contributed by atoms with Gasteiger partial charge in [-0.15, -0.1) is 0 Å². The molecule has 0 aromatic carbocycles. The minimum absolute atomic E-state index is 0.448. The summed E-state index contributed by atoms with van der Waals surface area (Å²) < 4.78 is 35.7. The van der Waals surface area contributed by atoms with Crippen LogP contribution in [0, 0.1) is 0 Å². The van der Waals surface area contributed by atoms with Crippen LogP contribution in [0.15, 0.2) is 0 Å². The lowest BCUT2D eigenvalue weighted by Crippen LogP contribution is -2.49. The molecular weight excluding hydrogens is 211 g/mol. The molecular formula is C8H16F3N3O. The van der Waals surface area contributed by atoms with Crippen LogP contribution in [0.4, 0.5) is 18.0 Å². The molecule has 4 N–H and O–H groups in total. The first-order chi connectivity index (χ1) is 6.88. The maximum Gasteiger partial charge on any atom is 0.405 e. The highest BCUT2D eigenvalue weighted by atomic mass is 19.4. The normalized spacial score (nSPS) is 13.4. The van der Waals surface area contributed by atoms with Gasteiger partial charge in [-0.3, -0.25) is 0 Å². The second-order valence-corrected chi connectivity index (χ2v) is 3.14. The molecule has 0 fully saturated rings. The van der Waals surface area contributed by atoms with Crippen LogP contribution in [0.3, 0.4) is 0 Å². The number of unbranched alkanes of at least 4 members (excludes halogenated alkanes) is 1. The molecule has 90 valence electrons. The van der Waals surface area contributed by atoms with Crippen LogP contribution in [-0.4, -0.2) is 31.3 Å². The first-order valence-electron chi connectivity index (χ1n) is 4.72. The van der Waals surface area contributed by atoms with Gasteiger partial charge in [-0.2, -0.15) is 13.2 Å². The summed E-state index contributed by atoms with van der Waals surface area (Å²) in [7, 11) is 0. The summed E-state index contributed by atoms with van der Waals surface area (Å²) in [4.78, 5) is 10.9. The number of amides is 2. The Morgan fingerprint density at radius 2 is 2.00 bits per heavy atom. The van der Waals surface area contributed by atoms with E-state index in [0.29, 0.717) is 6.54 Å². The van der Waals surface area contributed by atoms with Crippen molar-refractivity contribution < 1.29 is 18.0 Å². The Balaban J connectivity index is 3.62. The van der Waals surface area contributed by atoms with Crippen molar-refractivity contribution in [3.05, 3.63) is 0 Å². The van der Waals surface area contributed by atoms with Gasteiger partial charge in [-0.1, -0.05) is 13.3 Å².